The van der Waals surface area contributed by atoms with Crippen LogP contribution in [0.1, 0.15) is 13.3 Å². The third-order valence-electron chi connectivity index (χ3n) is 3.08. The van der Waals surface area contributed by atoms with Crippen molar-refractivity contribution in [3.63, 3.8) is 0 Å². The second-order valence-electron chi connectivity index (χ2n) is 4.19. The summed E-state index contributed by atoms with van der Waals surface area (Å²) in [6.45, 7) is 3.18. The largest absolute Gasteiger partial charge is 0.494 e. The molecular formula is C12H18N2O3S. The molecule has 2 rings (SSSR count). The van der Waals surface area contributed by atoms with Gasteiger partial charge in [-0.15, -0.1) is 0 Å². The van der Waals surface area contributed by atoms with Crippen molar-refractivity contribution in [3.05, 3.63) is 24.3 Å². The molecule has 1 aliphatic heterocycles. The number of hydrogen-bond donors (Lipinski definition) is 1. The Kier molecular flexibility index (Phi) is 3.77. The normalized spacial score (nSPS) is 22.1. The number of anilines is 1. The summed E-state index contributed by atoms with van der Waals surface area (Å²) in [6, 6.07) is 7.09. The molecule has 5 nitrogen and oxygen atoms in total. The van der Waals surface area contributed by atoms with Gasteiger partial charge in [-0.1, -0.05) is 0 Å². The van der Waals surface area contributed by atoms with E-state index in [1.807, 2.05) is 6.92 Å². The molecule has 1 aromatic rings. The lowest BCUT2D eigenvalue weighted by Crippen LogP contribution is -2.33. The minimum absolute atomic E-state index is 0.176. The van der Waals surface area contributed by atoms with Gasteiger partial charge in [-0.2, -0.15) is 0 Å². The van der Waals surface area contributed by atoms with Crippen LogP contribution < -0.4 is 14.8 Å². The van der Waals surface area contributed by atoms with Crippen molar-refractivity contribution < 1.29 is 13.2 Å². The van der Waals surface area contributed by atoms with E-state index in [-0.39, 0.29) is 6.54 Å². The molecule has 18 heavy (non-hydrogen) atoms. The fourth-order valence-corrected chi connectivity index (χ4v) is 3.89. The van der Waals surface area contributed by atoms with Gasteiger partial charge in [0.05, 0.1) is 17.5 Å². The zero-order valence-electron chi connectivity index (χ0n) is 10.4. The molecule has 0 spiro atoms. The van der Waals surface area contributed by atoms with Crippen LogP contribution in [0.25, 0.3) is 0 Å². The Morgan fingerprint density at radius 2 is 2.06 bits per heavy atom. The maximum Gasteiger partial charge on any atom is 0.239 e. The summed E-state index contributed by atoms with van der Waals surface area (Å²) in [5.41, 5.74) is 6.16. The highest BCUT2D eigenvalue weighted by Crippen LogP contribution is 2.29. The number of hydrogen-bond acceptors (Lipinski definition) is 4. The SMILES string of the molecule is CCOc1ccc(N2CC[C@@H](CN)S2(=O)=O)cc1. The van der Waals surface area contributed by atoms with Crippen molar-refractivity contribution in [2.45, 2.75) is 18.6 Å². The van der Waals surface area contributed by atoms with Crippen molar-refractivity contribution in [2.75, 3.05) is 24.0 Å². The zero-order chi connectivity index (χ0) is 13.2. The first-order valence-electron chi connectivity index (χ1n) is 6.04. The fraction of sp³-hybridized carbons (Fsp3) is 0.500. The second-order valence-corrected chi connectivity index (χ2v) is 6.33. The Bertz CT molecular complexity index is 499. The molecule has 1 aliphatic rings. The molecule has 0 aliphatic carbocycles. The topological polar surface area (TPSA) is 72.6 Å². The van der Waals surface area contributed by atoms with E-state index in [9.17, 15) is 8.42 Å². The van der Waals surface area contributed by atoms with Gasteiger partial charge < -0.3 is 10.5 Å². The van der Waals surface area contributed by atoms with Crippen molar-refractivity contribution in [1.82, 2.24) is 0 Å². The van der Waals surface area contributed by atoms with Gasteiger partial charge in [0.25, 0.3) is 0 Å². The Morgan fingerprint density at radius 1 is 1.39 bits per heavy atom. The smallest absolute Gasteiger partial charge is 0.239 e. The summed E-state index contributed by atoms with van der Waals surface area (Å²) in [7, 11) is -3.29. The van der Waals surface area contributed by atoms with E-state index in [0.29, 0.717) is 25.3 Å². The van der Waals surface area contributed by atoms with Crippen LogP contribution in [0.15, 0.2) is 24.3 Å². The third kappa shape index (κ3) is 2.30. The summed E-state index contributed by atoms with van der Waals surface area (Å²) in [5, 5.41) is -0.455. The predicted molar refractivity (Wildman–Crippen MR) is 71.3 cm³/mol. The van der Waals surface area contributed by atoms with Gasteiger partial charge in [0, 0.05) is 13.1 Å². The van der Waals surface area contributed by atoms with Crippen LogP contribution in [0.2, 0.25) is 0 Å². The summed E-state index contributed by atoms with van der Waals surface area (Å²) in [6.07, 6.45) is 0.589. The molecule has 0 saturated carbocycles. The monoisotopic (exact) mass is 270 g/mol. The van der Waals surface area contributed by atoms with Crippen molar-refractivity contribution in [3.8, 4) is 5.75 Å². The van der Waals surface area contributed by atoms with Crippen LogP contribution in [-0.4, -0.2) is 33.4 Å². The van der Waals surface area contributed by atoms with Crippen molar-refractivity contribution in [1.29, 1.82) is 0 Å². The average molecular weight is 270 g/mol. The molecule has 0 bridgehead atoms. The standard InChI is InChI=1S/C12H18N2O3S/c1-2-17-11-5-3-10(4-6-11)14-8-7-12(9-13)18(14,15)16/h3-6,12H,2,7-9,13H2,1H3/t12-/m0/s1. The second kappa shape index (κ2) is 5.16. The highest BCUT2D eigenvalue weighted by molar-refractivity contribution is 7.93. The van der Waals surface area contributed by atoms with Gasteiger partial charge in [-0.05, 0) is 37.6 Å². The maximum absolute atomic E-state index is 12.1. The van der Waals surface area contributed by atoms with E-state index in [4.69, 9.17) is 10.5 Å². The van der Waals surface area contributed by atoms with Gasteiger partial charge in [0.2, 0.25) is 10.0 Å². The fourth-order valence-electron chi connectivity index (χ4n) is 2.11. The molecular weight excluding hydrogens is 252 g/mol. The lowest BCUT2D eigenvalue weighted by molar-refractivity contribution is 0.340. The van der Waals surface area contributed by atoms with Crippen LogP contribution in [-0.2, 0) is 10.0 Å². The number of benzene rings is 1. The van der Waals surface area contributed by atoms with Gasteiger partial charge in [0.15, 0.2) is 0 Å². The lowest BCUT2D eigenvalue weighted by Gasteiger charge is -2.18. The summed E-state index contributed by atoms with van der Waals surface area (Å²) in [5.74, 6) is 0.744. The molecule has 6 heteroatoms. The molecule has 100 valence electrons. The van der Waals surface area contributed by atoms with Crippen molar-refractivity contribution in [2.24, 2.45) is 5.73 Å². The van der Waals surface area contributed by atoms with E-state index in [1.54, 1.807) is 24.3 Å². The first-order valence-corrected chi connectivity index (χ1v) is 7.54. The van der Waals surface area contributed by atoms with Gasteiger partial charge in [-0.3, -0.25) is 4.31 Å². The number of rotatable bonds is 4. The van der Waals surface area contributed by atoms with Crippen LogP contribution in [0.3, 0.4) is 0 Å². The molecule has 1 fully saturated rings. The van der Waals surface area contributed by atoms with E-state index in [1.165, 1.54) is 4.31 Å². The van der Waals surface area contributed by atoms with Crippen LogP contribution in [0.4, 0.5) is 5.69 Å². The maximum atomic E-state index is 12.1. The Labute approximate surface area is 108 Å². The molecule has 1 saturated heterocycles. The summed E-state index contributed by atoms with van der Waals surface area (Å²) in [4.78, 5) is 0. The van der Waals surface area contributed by atoms with Crippen LogP contribution in [0, 0.1) is 0 Å². The molecule has 0 unspecified atom stereocenters. The molecule has 1 aromatic carbocycles. The number of nitrogens with zero attached hydrogens (tertiary/aromatic N) is 1. The van der Waals surface area contributed by atoms with Gasteiger partial charge in [-0.25, -0.2) is 8.42 Å². The predicted octanol–water partition coefficient (Wildman–Crippen LogP) is 0.953. The number of sulfonamides is 1. The highest BCUT2D eigenvalue weighted by Gasteiger charge is 2.37. The molecule has 0 radical (unpaired) electrons. The summed E-state index contributed by atoms with van der Waals surface area (Å²) < 4.78 is 31.1. The first-order chi connectivity index (χ1) is 8.59. The first kappa shape index (κ1) is 13.2. The Morgan fingerprint density at radius 3 is 2.56 bits per heavy atom. The molecule has 2 N–H and O–H groups in total. The zero-order valence-corrected chi connectivity index (χ0v) is 11.2. The van der Waals surface area contributed by atoms with E-state index < -0.39 is 15.3 Å². The quantitative estimate of drug-likeness (QED) is 0.884. The van der Waals surface area contributed by atoms with Crippen LogP contribution in [0.5, 0.6) is 5.75 Å². The molecule has 0 aromatic heterocycles. The minimum atomic E-state index is -3.29. The molecule has 1 atom stereocenters. The molecule has 0 amide bonds. The third-order valence-corrected chi connectivity index (χ3v) is 5.36. The highest BCUT2D eigenvalue weighted by atomic mass is 32.2. The van der Waals surface area contributed by atoms with E-state index in [0.717, 1.165) is 5.75 Å². The average Bonchev–Trinajstić information content (AvgIpc) is 2.65. The van der Waals surface area contributed by atoms with E-state index >= 15 is 0 Å². The van der Waals surface area contributed by atoms with Crippen molar-refractivity contribution >= 4 is 15.7 Å². The number of nitrogens with two attached hydrogens (primary N) is 1. The lowest BCUT2D eigenvalue weighted by atomic mass is 10.2. The van der Waals surface area contributed by atoms with E-state index in [2.05, 4.69) is 0 Å². The molecule has 1 heterocycles. The Hall–Kier alpha value is -1.27. The van der Waals surface area contributed by atoms with Gasteiger partial charge >= 0.3 is 0 Å². The van der Waals surface area contributed by atoms with Crippen LogP contribution >= 0.6 is 0 Å². The minimum Gasteiger partial charge on any atom is -0.494 e. The number of ether oxygens (including phenoxy) is 1. The van der Waals surface area contributed by atoms with Gasteiger partial charge in [0.1, 0.15) is 5.75 Å². The Balaban J connectivity index is 2.22. The summed E-state index contributed by atoms with van der Waals surface area (Å²) >= 11 is 0.